The third-order valence-corrected chi connectivity index (χ3v) is 1.45. The second-order valence-electron chi connectivity index (χ2n) is 2.39. The van der Waals surface area contributed by atoms with E-state index in [0.717, 1.165) is 6.07 Å². The van der Waals surface area contributed by atoms with Crippen LogP contribution >= 0.6 is 0 Å². The molecule has 11 heavy (non-hydrogen) atoms. The van der Waals surface area contributed by atoms with Gasteiger partial charge in [-0.3, -0.25) is 0 Å². The van der Waals surface area contributed by atoms with Crippen molar-refractivity contribution in [3.05, 3.63) is 29.6 Å². The molecule has 1 atom stereocenters. The quantitative estimate of drug-likeness (QED) is 0.648. The molecule has 1 aromatic rings. The first-order valence-electron chi connectivity index (χ1n) is 3.27. The number of phenols is 1. The molecule has 0 amide bonds. The minimum atomic E-state index is -0.679. The summed E-state index contributed by atoms with van der Waals surface area (Å²) in [6, 6.07) is 3.76. The monoisotopic (exact) mass is 156 g/mol. The Bertz CT molecular complexity index is 258. The molecule has 0 aliphatic rings. The summed E-state index contributed by atoms with van der Waals surface area (Å²) in [5, 5.41) is 17.9. The lowest BCUT2D eigenvalue weighted by Crippen LogP contribution is -1.90. The minimum Gasteiger partial charge on any atom is -0.505 e. The van der Waals surface area contributed by atoms with Crippen LogP contribution in [-0.2, 0) is 0 Å². The molecule has 0 radical (unpaired) electrons. The van der Waals surface area contributed by atoms with Crippen LogP contribution in [0.25, 0.3) is 0 Å². The molecule has 0 unspecified atom stereocenters. The summed E-state index contributed by atoms with van der Waals surface area (Å²) in [7, 11) is 0. The summed E-state index contributed by atoms with van der Waals surface area (Å²) in [5.74, 6) is -1.10. The maximum Gasteiger partial charge on any atom is 0.164 e. The van der Waals surface area contributed by atoms with Crippen LogP contribution < -0.4 is 0 Å². The zero-order chi connectivity index (χ0) is 8.43. The molecule has 0 saturated heterocycles. The Morgan fingerprint density at radius 3 is 2.55 bits per heavy atom. The van der Waals surface area contributed by atoms with Gasteiger partial charge >= 0.3 is 0 Å². The number of aliphatic hydroxyl groups is 1. The Hall–Kier alpha value is -1.09. The fraction of sp³-hybridized carbons (Fsp3) is 0.250. The van der Waals surface area contributed by atoms with Gasteiger partial charge in [-0.2, -0.15) is 0 Å². The predicted octanol–water partition coefficient (Wildman–Crippen LogP) is 1.58. The van der Waals surface area contributed by atoms with Gasteiger partial charge in [0, 0.05) is 0 Å². The van der Waals surface area contributed by atoms with Crippen molar-refractivity contribution in [3.63, 3.8) is 0 Å². The lowest BCUT2D eigenvalue weighted by molar-refractivity contribution is 0.198. The second-order valence-corrected chi connectivity index (χ2v) is 2.39. The second kappa shape index (κ2) is 2.88. The average molecular weight is 156 g/mol. The van der Waals surface area contributed by atoms with Crippen LogP contribution in [0.2, 0.25) is 0 Å². The molecule has 0 bridgehead atoms. The summed E-state index contributed by atoms with van der Waals surface area (Å²) in [6.45, 7) is 1.55. The van der Waals surface area contributed by atoms with Gasteiger partial charge in [0.25, 0.3) is 0 Å². The highest BCUT2D eigenvalue weighted by Gasteiger charge is 2.04. The van der Waals surface area contributed by atoms with E-state index >= 15 is 0 Å². The molecule has 0 heterocycles. The zero-order valence-electron chi connectivity index (χ0n) is 6.08. The van der Waals surface area contributed by atoms with E-state index in [1.54, 1.807) is 6.92 Å². The van der Waals surface area contributed by atoms with Crippen LogP contribution in [-0.4, -0.2) is 10.2 Å². The van der Waals surface area contributed by atoms with Crippen LogP contribution in [0.1, 0.15) is 18.6 Å². The molecule has 0 saturated carbocycles. The van der Waals surface area contributed by atoms with Crippen LogP contribution in [0.15, 0.2) is 18.2 Å². The number of halogens is 1. The largest absolute Gasteiger partial charge is 0.505 e. The highest BCUT2D eigenvalue weighted by Crippen LogP contribution is 2.20. The molecule has 2 N–H and O–H groups in total. The number of phenolic OH excluding ortho intramolecular Hbond substituents is 1. The van der Waals surface area contributed by atoms with E-state index in [1.165, 1.54) is 12.1 Å². The summed E-state index contributed by atoms with van der Waals surface area (Å²) in [4.78, 5) is 0. The van der Waals surface area contributed by atoms with Crippen LogP contribution in [0.4, 0.5) is 4.39 Å². The molecular weight excluding hydrogens is 147 g/mol. The first-order valence-corrected chi connectivity index (χ1v) is 3.27. The maximum absolute atomic E-state index is 12.4. The molecule has 3 heteroatoms. The molecular formula is C8H9FO2. The molecule has 0 fully saturated rings. The van der Waals surface area contributed by atoms with E-state index in [-0.39, 0.29) is 0 Å². The van der Waals surface area contributed by atoms with Crippen molar-refractivity contribution in [2.75, 3.05) is 0 Å². The van der Waals surface area contributed by atoms with E-state index in [0.29, 0.717) is 5.56 Å². The first kappa shape index (κ1) is 8.01. The van der Waals surface area contributed by atoms with Gasteiger partial charge in [0.1, 0.15) is 0 Å². The fourth-order valence-corrected chi connectivity index (χ4v) is 0.790. The summed E-state index contributed by atoms with van der Waals surface area (Å²) >= 11 is 0. The molecule has 0 aromatic heterocycles. The standard InChI is InChI=1S/C8H9FO2/c1-5(10)6-2-3-7(9)8(11)4-6/h2-5,10-11H,1H3/t5-/m0/s1. The zero-order valence-corrected chi connectivity index (χ0v) is 6.08. The number of rotatable bonds is 1. The van der Waals surface area contributed by atoms with E-state index < -0.39 is 17.7 Å². The van der Waals surface area contributed by atoms with Gasteiger partial charge in [0.05, 0.1) is 6.10 Å². The average Bonchev–Trinajstić information content (AvgIpc) is 1.94. The number of aliphatic hydroxyl groups excluding tert-OH is 1. The summed E-state index contributed by atoms with van der Waals surface area (Å²) in [6.07, 6.45) is -0.679. The molecule has 1 rings (SSSR count). The molecule has 60 valence electrons. The van der Waals surface area contributed by atoms with E-state index in [4.69, 9.17) is 10.2 Å². The van der Waals surface area contributed by atoms with Gasteiger partial charge < -0.3 is 10.2 Å². The third kappa shape index (κ3) is 1.68. The summed E-state index contributed by atoms with van der Waals surface area (Å²) in [5.41, 5.74) is 0.504. The number of hydrogen-bond acceptors (Lipinski definition) is 2. The SMILES string of the molecule is C[C@H](O)c1ccc(F)c(O)c1. The van der Waals surface area contributed by atoms with E-state index in [9.17, 15) is 4.39 Å². The van der Waals surface area contributed by atoms with Crippen LogP contribution in [0.5, 0.6) is 5.75 Å². The Morgan fingerprint density at radius 2 is 2.09 bits per heavy atom. The Kier molecular flexibility index (Phi) is 2.10. The fourth-order valence-electron chi connectivity index (χ4n) is 0.790. The van der Waals surface area contributed by atoms with Gasteiger partial charge in [0.2, 0.25) is 0 Å². The Labute approximate surface area is 63.9 Å². The van der Waals surface area contributed by atoms with Crippen molar-refractivity contribution in [3.8, 4) is 5.75 Å². The third-order valence-electron chi connectivity index (χ3n) is 1.45. The molecule has 0 spiro atoms. The van der Waals surface area contributed by atoms with Gasteiger partial charge in [-0.25, -0.2) is 4.39 Å². The lowest BCUT2D eigenvalue weighted by atomic mass is 10.1. The topological polar surface area (TPSA) is 40.5 Å². The Balaban J connectivity index is 3.05. The van der Waals surface area contributed by atoms with Crippen molar-refractivity contribution in [1.29, 1.82) is 0 Å². The van der Waals surface area contributed by atoms with E-state index in [2.05, 4.69) is 0 Å². The van der Waals surface area contributed by atoms with Crippen molar-refractivity contribution in [1.82, 2.24) is 0 Å². The number of benzene rings is 1. The van der Waals surface area contributed by atoms with Gasteiger partial charge in [-0.05, 0) is 24.6 Å². The molecule has 0 aliphatic heterocycles. The van der Waals surface area contributed by atoms with Crippen molar-refractivity contribution in [2.45, 2.75) is 13.0 Å². The molecule has 1 aromatic carbocycles. The first-order chi connectivity index (χ1) is 5.11. The van der Waals surface area contributed by atoms with Crippen LogP contribution in [0, 0.1) is 5.82 Å². The Morgan fingerprint density at radius 1 is 1.45 bits per heavy atom. The van der Waals surface area contributed by atoms with Crippen molar-refractivity contribution in [2.24, 2.45) is 0 Å². The molecule has 0 aliphatic carbocycles. The smallest absolute Gasteiger partial charge is 0.164 e. The number of hydrogen-bond donors (Lipinski definition) is 2. The van der Waals surface area contributed by atoms with Crippen molar-refractivity contribution < 1.29 is 14.6 Å². The normalized spacial score (nSPS) is 13.0. The lowest BCUT2D eigenvalue weighted by Gasteiger charge is -2.04. The number of aromatic hydroxyl groups is 1. The highest BCUT2D eigenvalue weighted by molar-refractivity contribution is 5.29. The summed E-state index contributed by atoms with van der Waals surface area (Å²) < 4.78 is 12.4. The minimum absolute atomic E-state index is 0.427. The molecule has 2 nitrogen and oxygen atoms in total. The highest BCUT2D eigenvalue weighted by atomic mass is 19.1. The van der Waals surface area contributed by atoms with Gasteiger partial charge in [-0.15, -0.1) is 0 Å². The van der Waals surface area contributed by atoms with Crippen LogP contribution in [0.3, 0.4) is 0 Å². The maximum atomic E-state index is 12.4. The van der Waals surface area contributed by atoms with Gasteiger partial charge in [0.15, 0.2) is 11.6 Å². The predicted molar refractivity (Wildman–Crippen MR) is 38.7 cm³/mol. The van der Waals surface area contributed by atoms with E-state index in [1.807, 2.05) is 0 Å². The van der Waals surface area contributed by atoms with Gasteiger partial charge in [-0.1, -0.05) is 6.07 Å². The van der Waals surface area contributed by atoms with Crippen molar-refractivity contribution >= 4 is 0 Å².